The predicted octanol–water partition coefficient (Wildman–Crippen LogP) is 2.76. The Morgan fingerprint density at radius 3 is 2.12 bits per heavy atom. The first-order valence-electron chi connectivity index (χ1n) is 5.15. The lowest BCUT2D eigenvalue weighted by atomic mass is 9.96. The first kappa shape index (κ1) is 10.4. The van der Waals surface area contributed by atoms with Crippen molar-refractivity contribution >= 4 is 5.91 Å². The summed E-state index contributed by atoms with van der Waals surface area (Å²) in [6.45, 7) is 2.02. The number of primary amides is 1. The fraction of sp³-hybridized carbons (Fsp3) is 0.0714. The van der Waals surface area contributed by atoms with Crippen LogP contribution in [-0.4, -0.2) is 5.91 Å². The van der Waals surface area contributed by atoms with Gasteiger partial charge in [0.1, 0.15) is 0 Å². The largest absolute Gasteiger partial charge is 0.366 e. The van der Waals surface area contributed by atoms with Gasteiger partial charge >= 0.3 is 0 Å². The lowest BCUT2D eigenvalue weighted by molar-refractivity contribution is 0.100. The smallest absolute Gasteiger partial charge is 0.249 e. The number of nitrogens with two attached hydrogens (primary N) is 1. The standard InChI is InChI=1S/C14H13NO/c1-10-6-2-3-7-11(10)12-8-4-5-9-13(12)14(15)16/h2-9H,1H3,(H2,15,16). The van der Waals surface area contributed by atoms with E-state index in [1.165, 1.54) is 0 Å². The van der Waals surface area contributed by atoms with Gasteiger partial charge in [-0.3, -0.25) is 4.79 Å². The molecule has 1 amide bonds. The minimum absolute atomic E-state index is 0.390. The third-order valence-electron chi connectivity index (χ3n) is 2.63. The summed E-state index contributed by atoms with van der Waals surface area (Å²) in [4.78, 5) is 11.3. The van der Waals surface area contributed by atoms with Gasteiger partial charge in [-0.1, -0.05) is 42.5 Å². The molecule has 0 aliphatic carbocycles. The number of benzene rings is 2. The van der Waals surface area contributed by atoms with Gasteiger partial charge in [0.05, 0.1) is 0 Å². The van der Waals surface area contributed by atoms with Crippen molar-refractivity contribution in [1.29, 1.82) is 0 Å². The van der Waals surface area contributed by atoms with Crippen molar-refractivity contribution in [2.45, 2.75) is 6.92 Å². The summed E-state index contributed by atoms with van der Waals surface area (Å²) < 4.78 is 0. The fourth-order valence-electron chi connectivity index (χ4n) is 1.81. The fourth-order valence-corrected chi connectivity index (χ4v) is 1.81. The average Bonchev–Trinajstić information content (AvgIpc) is 2.29. The number of carbonyl (C=O) groups excluding carboxylic acids is 1. The number of hydrogen-bond donors (Lipinski definition) is 1. The Balaban J connectivity index is 2.65. The highest BCUT2D eigenvalue weighted by Gasteiger charge is 2.09. The molecule has 0 spiro atoms. The van der Waals surface area contributed by atoms with E-state index < -0.39 is 0 Å². The topological polar surface area (TPSA) is 43.1 Å². The molecule has 0 unspecified atom stereocenters. The van der Waals surface area contributed by atoms with Crippen LogP contribution in [0.3, 0.4) is 0 Å². The van der Waals surface area contributed by atoms with Crippen LogP contribution in [0.4, 0.5) is 0 Å². The Kier molecular flexibility index (Phi) is 2.73. The number of aryl methyl sites for hydroxylation is 1. The molecular formula is C14H13NO. The molecule has 0 fully saturated rings. The second-order valence-electron chi connectivity index (χ2n) is 3.72. The Labute approximate surface area is 94.7 Å². The normalized spacial score (nSPS) is 10.1. The van der Waals surface area contributed by atoms with Crippen molar-refractivity contribution in [3.05, 3.63) is 59.7 Å². The van der Waals surface area contributed by atoms with Crippen LogP contribution in [0.5, 0.6) is 0 Å². The van der Waals surface area contributed by atoms with Crippen molar-refractivity contribution in [2.24, 2.45) is 5.73 Å². The van der Waals surface area contributed by atoms with Gasteiger partial charge in [0.15, 0.2) is 0 Å². The minimum atomic E-state index is -0.390. The second kappa shape index (κ2) is 4.19. The molecule has 0 heterocycles. The highest BCUT2D eigenvalue weighted by molar-refractivity contribution is 6.00. The molecule has 2 N–H and O–H groups in total. The zero-order valence-electron chi connectivity index (χ0n) is 9.10. The van der Waals surface area contributed by atoms with E-state index in [4.69, 9.17) is 5.73 Å². The molecule has 0 aliphatic rings. The molecule has 0 saturated heterocycles. The maximum atomic E-state index is 11.3. The van der Waals surface area contributed by atoms with Gasteiger partial charge in [0, 0.05) is 5.56 Å². The molecule has 0 aromatic heterocycles. The maximum absolute atomic E-state index is 11.3. The number of amides is 1. The van der Waals surface area contributed by atoms with Crippen LogP contribution < -0.4 is 5.73 Å². The van der Waals surface area contributed by atoms with Crippen molar-refractivity contribution in [3.8, 4) is 11.1 Å². The Morgan fingerprint density at radius 2 is 1.50 bits per heavy atom. The van der Waals surface area contributed by atoms with Gasteiger partial charge in [0.2, 0.25) is 5.91 Å². The highest BCUT2D eigenvalue weighted by Crippen LogP contribution is 2.26. The molecule has 0 aliphatic heterocycles. The molecule has 2 heteroatoms. The second-order valence-corrected chi connectivity index (χ2v) is 3.72. The third kappa shape index (κ3) is 1.82. The zero-order chi connectivity index (χ0) is 11.5. The van der Waals surface area contributed by atoms with Crippen molar-refractivity contribution in [2.75, 3.05) is 0 Å². The van der Waals surface area contributed by atoms with E-state index in [1.54, 1.807) is 6.07 Å². The first-order chi connectivity index (χ1) is 7.70. The molecule has 2 aromatic carbocycles. The van der Waals surface area contributed by atoms with Gasteiger partial charge in [-0.05, 0) is 29.7 Å². The van der Waals surface area contributed by atoms with Crippen LogP contribution in [0.25, 0.3) is 11.1 Å². The molecule has 2 rings (SSSR count). The molecule has 16 heavy (non-hydrogen) atoms. The summed E-state index contributed by atoms with van der Waals surface area (Å²) >= 11 is 0. The van der Waals surface area contributed by atoms with Gasteiger partial charge in [-0.15, -0.1) is 0 Å². The van der Waals surface area contributed by atoms with Gasteiger partial charge in [-0.25, -0.2) is 0 Å². The summed E-state index contributed by atoms with van der Waals surface area (Å²) in [5.41, 5.74) is 9.01. The van der Waals surface area contributed by atoms with E-state index in [2.05, 4.69) is 0 Å². The number of hydrogen-bond acceptors (Lipinski definition) is 1. The summed E-state index contributed by atoms with van der Waals surface area (Å²) in [5, 5.41) is 0. The van der Waals surface area contributed by atoms with Gasteiger partial charge in [0.25, 0.3) is 0 Å². The molecule has 80 valence electrons. The molecule has 2 nitrogen and oxygen atoms in total. The van der Waals surface area contributed by atoms with E-state index in [0.717, 1.165) is 16.7 Å². The van der Waals surface area contributed by atoms with Crippen LogP contribution in [0.1, 0.15) is 15.9 Å². The Morgan fingerprint density at radius 1 is 0.938 bits per heavy atom. The minimum Gasteiger partial charge on any atom is -0.366 e. The van der Waals surface area contributed by atoms with E-state index in [9.17, 15) is 4.79 Å². The van der Waals surface area contributed by atoms with Crippen LogP contribution in [0.15, 0.2) is 48.5 Å². The van der Waals surface area contributed by atoms with E-state index >= 15 is 0 Å². The van der Waals surface area contributed by atoms with Crippen LogP contribution in [0.2, 0.25) is 0 Å². The number of rotatable bonds is 2. The first-order valence-corrected chi connectivity index (χ1v) is 5.15. The quantitative estimate of drug-likeness (QED) is 0.815. The third-order valence-corrected chi connectivity index (χ3v) is 2.63. The van der Waals surface area contributed by atoms with E-state index in [0.29, 0.717) is 5.56 Å². The monoisotopic (exact) mass is 211 g/mol. The Bertz CT molecular complexity index is 532. The average molecular weight is 211 g/mol. The van der Waals surface area contributed by atoms with E-state index in [-0.39, 0.29) is 5.91 Å². The van der Waals surface area contributed by atoms with Crippen molar-refractivity contribution in [1.82, 2.24) is 0 Å². The van der Waals surface area contributed by atoms with Crippen LogP contribution >= 0.6 is 0 Å². The molecule has 0 bridgehead atoms. The van der Waals surface area contributed by atoms with Gasteiger partial charge in [-0.2, -0.15) is 0 Å². The summed E-state index contributed by atoms with van der Waals surface area (Å²) in [6.07, 6.45) is 0. The van der Waals surface area contributed by atoms with Crippen LogP contribution in [0, 0.1) is 6.92 Å². The predicted molar refractivity (Wildman–Crippen MR) is 65.1 cm³/mol. The lowest BCUT2D eigenvalue weighted by Gasteiger charge is -2.09. The molecule has 2 aromatic rings. The van der Waals surface area contributed by atoms with Crippen molar-refractivity contribution < 1.29 is 4.79 Å². The molecule has 0 saturated carbocycles. The summed E-state index contributed by atoms with van der Waals surface area (Å²) in [6, 6.07) is 15.4. The van der Waals surface area contributed by atoms with Crippen molar-refractivity contribution in [3.63, 3.8) is 0 Å². The molecule has 0 atom stereocenters. The Hall–Kier alpha value is -2.09. The molecular weight excluding hydrogens is 198 g/mol. The highest BCUT2D eigenvalue weighted by atomic mass is 16.1. The summed E-state index contributed by atoms with van der Waals surface area (Å²) in [7, 11) is 0. The zero-order valence-corrected chi connectivity index (χ0v) is 9.10. The SMILES string of the molecule is Cc1ccccc1-c1ccccc1C(N)=O. The van der Waals surface area contributed by atoms with Gasteiger partial charge < -0.3 is 5.73 Å². The van der Waals surface area contributed by atoms with E-state index in [1.807, 2.05) is 49.4 Å². The maximum Gasteiger partial charge on any atom is 0.249 e. The molecule has 0 radical (unpaired) electrons. The van der Waals surface area contributed by atoms with Crippen LogP contribution in [-0.2, 0) is 0 Å². The number of carbonyl (C=O) groups is 1. The lowest BCUT2D eigenvalue weighted by Crippen LogP contribution is -2.12. The summed E-state index contributed by atoms with van der Waals surface area (Å²) in [5.74, 6) is -0.390.